The molecular weight excluding hydrogens is 311 g/mol. The van der Waals surface area contributed by atoms with Crippen LogP contribution in [0.1, 0.15) is 0 Å². The van der Waals surface area contributed by atoms with Gasteiger partial charge in [0.1, 0.15) is 5.75 Å². The maximum absolute atomic E-state index is 12.2. The molecule has 0 saturated heterocycles. The van der Waals surface area contributed by atoms with Crippen molar-refractivity contribution in [1.29, 1.82) is 0 Å². The van der Waals surface area contributed by atoms with Gasteiger partial charge in [-0.1, -0.05) is 23.7 Å². The van der Waals surface area contributed by atoms with Crippen LogP contribution in [0.4, 0.5) is 18.9 Å². The highest BCUT2D eigenvalue weighted by atomic mass is 35.5. The molecule has 2 rings (SSSR count). The van der Waals surface area contributed by atoms with Crippen LogP contribution in [-0.4, -0.2) is 11.3 Å². The van der Waals surface area contributed by atoms with E-state index in [4.69, 9.17) is 11.6 Å². The summed E-state index contributed by atoms with van der Waals surface area (Å²) in [5, 5.41) is 10.9. The van der Waals surface area contributed by atoms with Crippen LogP contribution in [0.2, 0.25) is 5.02 Å². The summed E-state index contributed by atoms with van der Waals surface area (Å²) in [5.41, 5.74) is 0.392. The third-order valence-electron chi connectivity index (χ3n) is 2.49. The maximum Gasteiger partial charge on any atom is 0.573 e. The number of nitro benzene ring substituents is 1. The Morgan fingerprint density at radius 1 is 1.10 bits per heavy atom. The van der Waals surface area contributed by atoms with Gasteiger partial charge < -0.3 is 4.74 Å². The van der Waals surface area contributed by atoms with Crippen molar-refractivity contribution in [3.63, 3.8) is 0 Å². The Hall–Kier alpha value is -2.28. The highest BCUT2D eigenvalue weighted by Gasteiger charge is 2.31. The number of hydrogen-bond acceptors (Lipinski definition) is 3. The first-order valence-electron chi connectivity index (χ1n) is 5.56. The van der Waals surface area contributed by atoms with Gasteiger partial charge in [0, 0.05) is 17.2 Å². The number of non-ortho nitro benzene ring substituents is 1. The van der Waals surface area contributed by atoms with E-state index in [1.54, 1.807) is 0 Å². The minimum atomic E-state index is -4.81. The lowest BCUT2D eigenvalue weighted by Crippen LogP contribution is -2.17. The van der Waals surface area contributed by atoms with E-state index in [-0.39, 0.29) is 10.7 Å². The van der Waals surface area contributed by atoms with E-state index in [1.165, 1.54) is 24.3 Å². The SMILES string of the molecule is O=[N+]([O-])c1cc(Cl)cc(-c2cccc(OC(F)(F)F)c2)c1. The van der Waals surface area contributed by atoms with Crippen molar-refractivity contribution in [1.82, 2.24) is 0 Å². The summed E-state index contributed by atoms with van der Waals surface area (Å²) >= 11 is 5.77. The van der Waals surface area contributed by atoms with Crippen molar-refractivity contribution >= 4 is 17.3 Å². The second kappa shape index (κ2) is 5.61. The Labute approximate surface area is 121 Å². The number of hydrogen-bond donors (Lipinski definition) is 0. The van der Waals surface area contributed by atoms with Crippen LogP contribution in [0.5, 0.6) is 5.75 Å². The highest BCUT2D eigenvalue weighted by Crippen LogP contribution is 2.31. The van der Waals surface area contributed by atoms with Crippen molar-refractivity contribution in [2.45, 2.75) is 6.36 Å². The van der Waals surface area contributed by atoms with Crippen LogP contribution in [0.3, 0.4) is 0 Å². The summed E-state index contributed by atoms with van der Waals surface area (Å²) in [7, 11) is 0. The van der Waals surface area contributed by atoms with Gasteiger partial charge in [0.05, 0.1) is 4.92 Å². The number of rotatable bonds is 3. The van der Waals surface area contributed by atoms with Crippen LogP contribution in [0.25, 0.3) is 11.1 Å². The summed E-state index contributed by atoms with van der Waals surface area (Å²) in [4.78, 5) is 10.1. The Bertz CT molecular complexity index is 689. The molecule has 0 aliphatic carbocycles. The Kier molecular flexibility index (Phi) is 4.04. The Morgan fingerprint density at radius 2 is 1.81 bits per heavy atom. The summed E-state index contributed by atoms with van der Waals surface area (Å²) < 4.78 is 40.3. The number of nitro groups is 1. The number of benzene rings is 2. The lowest BCUT2D eigenvalue weighted by Gasteiger charge is -2.10. The molecule has 110 valence electrons. The minimum absolute atomic E-state index is 0.112. The van der Waals surface area contributed by atoms with Crippen molar-refractivity contribution < 1.29 is 22.8 Å². The van der Waals surface area contributed by atoms with Gasteiger partial charge in [-0.2, -0.15) is 0 Å². The van der Waals surface area contributed by atoms with Gasteiger partial charge in [0.15, 0.2) is 0 Å². The van der Waals surface area contributed by atoms with E-state index in [0.717, 1.165) is 18.2 Å². The van der Waals surface area contributed by atoms with Crippen molar-refractivity contribution in [2.24, 2.45) is 0 Å². The molecule has 0 fully saturated rings. The Morgan fingerprint density at radius 3 is 2.43 bits per heavy atom. The quantitative estimate of drug-likeness (QED) is 0.602. The number of ether oxygens (including phenoxy) is 1. The molecule has 0 unspecified atom stereocenters. The van der Waals surface area contributed by atoms with Gasteiger partial charge in [-0.25, -0.2) is 0 Å². The van der Waals surface area contributed by atoms with E-state index < -0.39 is 17.0 Å². The molecule has 0 amide bonds. The second-order valence-corrected chi connectivity index (χ2v) is 4.47. The second-order valence-electron chi connectivity index (χ2n) is 4.03. The third kappa shape index (κ3) is 4.09. The first kappa shape index (κ1) is 15.1. The normalized spacial score (nSPS) is 11.2. The van der Waals surface area contributed by atoms with Gasteiger partial charge in [-0.15, -0.1) is 13.2 Å². The topological polar surface area (TPSA) is 52.4 Å². The molecule has 0 saturated carbocycles. The van der Waals surface area contributed by atoms with Gasteiger partial charge in [0.25, 0.3) is 5.69 Å². The molecule has 21 heavy (non-hydrogen) atoms. The van der Waals surface area contributed by atoms with Gasteiger partial charge in [-0.3, -0.25) is 10.1 Å². The third-order valence-corrected chi connectivity index (χ3v) is 2.71. The molecule has 8 heteroatoms. The lowest BCUT2D eigenvalue weighted by atomic mass is 10.0. The lowest BCUT2D eigenvalue weighted by molar-refractivity contribution is -0.384. The smallest absolute Gasteiger partial charge is 0.406 e. The molecule has 0 radical (unpaired) electrons. The fourth-order valence-corrected chi connectivity index (χ4v) is 1.95. The van der Waals surface area contributed by atoms with Crippen LogP contribution in [0, 0.1) is 10.1 Å². The van der Waals surface area contributed by atoms with E-state index in [9.17, 15) is 23.3 Å². The highest BCUT2D eigenvalue weighted by molar-refractivity contribution is 6.31. The van der Waals surface area contributed by atoms with Crippen molar-refractivity contribution in [2.75, 3.05) is 0 Å². The molecule has 4 nitrogen and oxygen atoms in total. The van der Waals surface area contributed by atoms with E-state index in [0.29, 0.717) is 11.1 Å². The standard InChI is InChI=1S/C13H7ClF3NO3/c14-10-4-9(5-11(7-10)18(19)20)8-2-1-3-12(6-8)21-13(15,16)17/h1-7H. The van der Waals surface area contributed by atoms with Crippen molar-refractivity contribution in [3.8, 4) is 16.9 Å². The minimum Gasteiger partial charge on any atom is -0.406 e. The molecule has 0 aliphatic heterocycles. The van der Waals surface area contributed by atoms with Crippen LogP contribution >= 0.6 is 11.6 Å². The molecule has 0 heterocycles. The van der Waals surface area contributed by atoms with Gasteiger partial charge in [0.2, 0.25) is 0 Å². The first-order chi connectivity index (χ1) is 9.74. The summed E-state index contributed by atoms with van der Waals surface area (Å²) in [5.74, 6) is -0.414. The Balaban J connectivity index is 2.42. The number of halogens is 4. The molecule has 0 aromatic heterocycles. The van der Waals surface area contributed by atoms with Crippen molar-refractivity contribution in [3.05, 3.63) is 57.6 Å². The molecule has 0 bridgehead atoms. The number of alkyl halides is 3. The van der Waals surface area contributed by atoms with E-state index in [2.05, 4.69) is 4.74 Å². The number of nitrogens with zero attached hydrogens (tertiary/aromatic N) is 1. The molecular formula is C13H7ClF3NO3. The maximum atomic E-state index is 12.2. The monoisotopic (exact) mass is 317 g/mol. The van der Waals surface area contributed by atoms with Crippen LogP contribution in [0.15, 0.2) is 42.5 Å². The molecule has 2 aromatic rings. The fourth-order valence-electron chi connectivity index (χ4n) is 1.72. The van der Waals surface area contributed by atoms with Gasteiger partial charge >= 0.3 is 6.36 Å². The average molecular weight is 318 g/mol. The molecule has 0 aliphatic rings. The van der Waals surface area contributed by atoms with Crippen LogP contribution < -0.4 is 4.74 Å². The molecule has 0 atom stereocenters. The predicted molar refractivity (Wildman–Crippen MR) is 70.2 cm³/mol. The zero-order valence-electron chi connectivity index (χ0n) is 10.2. The molecule has 0 spiro atoms. The summed E-state index contributed by atoms with van der Waals surface area (Å²) in [6.07, 6.45) is -4.81. The van der Waals surface area contributed by atoms with Gasteiger partial charge in [-0.05, 0) is 29.3 Å². The van der Waals surface area contributed by atoms with E-state index in [1.807, 2.05) is 0 Å². The molecule has 2 aromatic carbocycles. The first-order valence-corrected chi connectivity index (χ1v) is 5.93. The summed E-state index contributed by atoms with van der Waals surface area (Å²) in [6.45, 7) is 0. The van der Waals surface area contributed by atoms with Crippen LogP contribution in [-0.2, 0) is 0 Å². The zero-order chi connectivity index (χ0) is 15.6. The zero-order valence-corrected chi connectivity index (χ0v) is 11.0. The van der Waals surface area contributed by atoms with E-state index >= 15 is 0 Å². The average Bonchev–Trinajstić information content (AvgIpc) is 2.36. The largest absolute Gasteiger partial charge is 0.573 e. The fraction of sp³-hybridized carbons (Fsp3) is 0.0769. The summed E-state index contributed by atoms with van der Waals surface area (Å²) in [6, 6.07) is 8.90. The molecule has 0 N–H and O–H groups in total. The predicted octanol–water partition coefficient (Wildman–Crippen LogP) is 4.81.